The predicted octanol–water partition coefficient (Wildman–Crippen LogP) is 14.2. The van der Waals surface area contributed by atoms with Crippen LogP contribution in [0.5, 0.6) is 0 Å². The Morgan fingerprint density at radius 1 is 0.479 bits per heavy atom. The van der Waals surface area contributed by atoms with Crippen LogP contribution in [-0.4, -0.2) is 89.2 Å². The van der Waals surface area contributed by atoms with Crippen molar-refractivity contribution < 1.29 is 58.2 Å². The highest BCUT2D eigenvalue weighted by Crippen LogP contribution is 2.26. The van der Waals surface area contributed by atoms with E-state index in [-0.39, 0.29) is 25.9 Å². The molecule has 0 bridgehead atoms. The summed E-state index contributed by atoms with van der Waals surface area (Å²) in [6.45, 7) is 5.85. The Kier molecular flexibility index (Phi) is 44.1. The highest BCUT2D eigenvalue weighted by molar-refractivity contribution is 5.74. The second kappa shape index (κ2) is 47.7. The number of carboxylic acids is 1. The summed E-state index contributed by atoms with van der Waals surface area (Å²) in [5, 5.41) is 31.4. The van der Waals surface area contributed by atoms with Gasteiger partial charge in [0.1, 0.15) is 18.8 Å². The van der Waals surface area contributed by atoms with E-state index in [9.17, 15) is 34.5 Å². The van der Waals surface area contributed by atoms with Crippen LogP contribution < -0.4 is 0 Å². The number of aliphatic hydroxyl groups excluding tert-OH is 2. The average molecular weight is 1000 g/mol. The van der Waals surface area contributed by atoms with E-state index in [2.05, 4.69) is 69.4 Å². The number of aliphatic carboxylic acids is 1. The minimum Gasteiger partial charge on any atom is -0.479 e. The van der Waals surface area contributed by atoms with Gasteiger partial charge in [-0.05, 0) is 77.0 Å². The first-order chi connectivity index (χ1) is 34.6. The molecule has 0 radical (unpaired) electrons. The first-order valence-corrected chi connectivity index (χ1v) is 28.6. The lowest BCUT2D eigenvalue weighted by atomic mass is 9.98. The molecule has 1 heterocycles. The maximum absolute atomic E-state index is 13.1. The highest BCUT2D eigenvalue weighted by Gasteiger charge is 2.50. The number of carboxylic acid groups (broad SMARTS) is 1. The van der Waals surface area contributed by atoms with Crippen molar-refractivity contribution in [1.29, 1.82) is 0 Å². The number of unbranched alkanes of at least 4 members (excludes halogenated alkanes) is 26. The number of esters is 3. The number of hydrogen-bond acceptors (Lipinski definition) is 11. The molecule has 1 aliphatic rings. The van der Waals surface area contributed by atoms with E-state index in [0.29, 0.717) is 19.3 Å². The number of hydrogen-bond donors (Lipinski definition) is 3. The van der Waals surface area contributed by atoms with Crippen LogP contribution in [0.3, 0.4) is 0 Å². The SMILES string of the molecule is CC/C=C\C/C=C\C/C=C\CCCCCCCC(=O)OCC(COC1OC(C(=O)O)C(O)C(O)C1OC(=O)CCCCCCC/C=C\CCCCCCCC)OC(=O)CCCCCCCCCCCCC. The van der Waals surface area contributed by atoms with Gasteiger partial charge in [0.25, 0.3) is 0 Å². The fourth-order valence-corrected chi connectivity index (χ4v) is 8.49. The Morgan fingerprint density at radius 3 is 1.37 bits per heavy atom. The maximum Gasteiger partial charge on any atom is 0.335 e. The van der Waals surface area contributed by atoms with Crippen LogP contribution in [0, 0.1) is 0 Å². The van der Waals surface area contributed by atoms with E-state index in [1.807, 2.05) is 0 Å². The van der Waals surface area contributed by atoms with Gasteiger partial charge in [-0.25, -0.2) is 4.79 Å². The number of aliphatic hydroxyl groups is 2. The third-order valence-electron chi connectivity index (χ3n) is 12.9. The van der Waals surface area contributed by atoms with Crippen molar-refractivity contribution in [2.75, 3.05) is 13.2 Å². The first kappa shape index (κ1) is 65.7. The predicted molar refractivity (Wildman–Crippen MR) is 285 cm³/mol. The van der Waals surface area contributed by atoms with Gasteiger partial charge in [0.05, 0.1) is 6.61 Å². The minimum atomic E-state index is -1.90. The molecule has 0 aromatic heterocycles. The molecule has 0 aromatic rings. The third-order valence-corrected chi connectivity index (χ3v) is 12.9. The van der Waals surface area contributed by atoms with Crippen molar-refractivity contribution in [2.24, 2.45) is 0 Å². The Morgan fingerprint density at radius 2 is 0.887 bits per heavy atom. The standard InChI is InChI=1S/C59H102O12/c1-4-7-10-13-16-19-22-24-26-28-31-33-36-39-42-45-51(60)67-48-50(69-52(61)46-43-40-37-34-30-21-18-15-12-9-6-3)49-68-59-57(55(64)54(63)56(71-59)58(65)66)70-53(62)47-44-41-38-35-32-29-27-25-23-20-17-14-11-8-5-2/h7,10,16,19,24-27,50,54-57,59,63-64H,4-6,8-9,11-15,17-18,20-23,28-49H2,1-3H3,(H,65,66)/b10-7-,19-16-,26-24-,27-25-. The van der Waals surface area contributed by atoms with Crippen LogP contribution in [0.2, 0.25) is 0 Å². The summed E-state index contributed by atoms with van der Waals surface area (Å²) in [5.41, 5.74) is 0. The zero-order valence-electron chi connectivity index (χ0n) is 45.0. The summed E-state index contributed by atoms with van der Waals surface area (Å²) in [7, 11) is 0. The quantitative estimate of drug-likeness (QED) is 0.0228. The molecular weight excluding hydrogens is 901 g/mol. The molecule has 1 rings (SSSR count). The molecule has 12 heteroatoms. The van der Waals surface area contributed by atoms with Crippen molar-refractivity contribution in [3.8, 4) is 0 Å². The normalized spacial score (nSPS) is 18.8. The molecule has 71 heavy (non-hydrogen) atoms. The lowest BCUT2D eigenvalue weighted by Gasteiger charge is -2.40. The van der Waals surface area contributed by atoms with Gasteiger partial charge in [-0.1, -0.05) is 204 Å². The number of carbonyl (C=O) groups is 4. The number of ether oxygens (including phenoxy) is 5. The fourth-order valence-electron chi connectivity index (χ4n) is 8.49. The van der Waals surface area contributed by atoms with E-state index < -0.39 is 67.3 Å². The lowest BCUT2D eigenvalue weighted by Crippen LogP contribution is -2.61. The molecule has 1 saturated heterocycles. The Hall–Kier alpha value is -3.32. The highest BCUT2D eigenvalue weighted by atomic mass is 16.7. The monoisotopic (exact) mass is 1000 g/mol. The average Bonchev–Trinajstić information content (AvgIpc) is 3.35. The molecule has 410 valence electrons. The fraction of sp³-hybridized carbons (Fsp3) is 0.797. The molecule has 1 aliphatic heterocycles. The van der Waals surface area contributed by atoms with Crippen LogP contribution in [0.15, 0.2) is 48.6 Å². The third kappa shape index (κ3) is 38.0. The molecule has 0 amide bonds. The lowest BCUT2D eigenvalue weighted by molar-refractivity contribution is -0.301. The van der Waals surface area contributed by atoms with Crippen molar-refractivity contribution in [2.45, 2.75) is 289 Å². The van der Waals surface area contributed by atoms with Crippen LogP contribution in [0.4, 0.5) is 0 Å². The zero-order valence-corrected chi connectivity index (χ0v) is 45.0. The molecule has 1 fully saturated rings. The molecule has 12 nitrogen and oxygen atoms in total. The van der Waals surface area contributed by atoms with Crippen LogP contribution in [-0.2, 0) is 42.9 Å². The molecule has 3 N–H and O–H groups in total. The van der Waals surface area contributed by atoms with Gasteiger partial charge in [0, 0.05) is 19.3 Å². The number of carbonyl (C=O) groups excluding carboxylic acids is 3. The maximum atomic E-state index is 13.1. The van der Waals surface area contributed by atoms with Crippen molar-refractivity contribution in [1.82, 2.24) is 0 Å². The Balaban J connectivity index is 2.70. The molecule has 6 unspecified atom stereocenters. The van der Waals surface area contributed by atoms with Gasteiger partial charge >= 0.3 is 23.9 Å². The summed E-state index contributed by atoms with van der Waals surface area (Å²) in [6, 6.07) is 0. The van der Waals surface area contributed by atoms with E-state index in [1.165, 1.54) is 83.5 Å². The molecule has 0 aliphatic carbocycles. The van der Waals surface area contributed by atoms with Gasteiger partial charge in [-0.3, -0.25) is 14.4 Å². The van der Waals surface area contributed by atoms with E-state index in [1.54, 1.807) is 0 Å². The summed E-state index contributed by atoms with van der Waals surface area (Å²) < 4.78 is 28.4. The van der Waals surface area contributed by atoms with Crippen molar-refractivity contribution in [3.63, 3.8) is 0 Å². The van der Waals surface area contributed by atoms with Crippen LogP contribution in [0.1, 0.15) is 252 Å². The number of allylic oxidation sites excluding steroid dienone is 8. The topological polar surface area (TPSA) is 175 Å². The van der Waals surface area contributed by atoms with Crippen LogP contribution in [0.25, 0.3) is 0 Å². The van der Waals surface area contributed by atoms with Crippen LogP contribution >= 0.6 is 0 Å². The minimum absolute atomic E-state index is 0.0505. The first-order valence-electron chi connectivity index (χ1n) is 28.6. The van der Waals surface area contributed by atoms with Gasteiger partial charge in [0.15, 0.2) is 24.6 Å². The van der Waals surface area contributed by atoms with Gasteiger partial charge in [0.2, 0.25) is 0 Å². The van der Waals surface area contributed by atoms with Crippen molar-refractivity contribution in [3.05, 3.63) is 48.6 Å². The second-order valence-electron chi connectivity index (χ2n) is 19.5. The van der Waals surface area contributed by atoms with E-state index in [4.69, 9.17) is 23.7 Å². The summed E-state index contributed by atoms with van der Waals surface area (Å²) in [4.78, 5) is 51.0. The van der Waals surface area contributed by atoms with E-state index >= 15 is 0 Å². The van der Waals surface area contributed by atoms with E-state index in [0.717, 1.165) is 109 Å². The van der Waals surface area contributed by atoms with Gasteiger partial charge in [-0.2, -0.15) is 0 Å². The summed E-state index contributed by atoms with van der Waals surface area (Å²) >= 11 is 0. The Labute approximate surface area is 431 Å². The second-order valence-corrected chi connectivity index (χ2v) is 19.5. The zero-order chi connectivity index (χ0) is 51.8. The van der Waals surface area contributed by atoms with Crippen molar-refractivity contribution >= 4 is 23.9 Å². The molecule has 0 saturated carbocycles. The van der Waals surface area contributed by atoms with Gasteiger partial charge < -0.3 is 39.0 Å². The summed E-state index contributed by atoms with van der Waals surface area (Å²) in [6.07, 6.45) is 43.7. The molecule has 0 aromatic carbocycles. The number of rotatable bonds is 48. The molecule has 6 atom stereocenters. The molecular formula is C59H102O12. The molecule has 0 spiro atoms. The van der Waals surface area contributed by atoms with Gasteiger partial charge in [-0.15, -0.1) is 0 Å². The Bertz CT molecular complexity index is 1420. The largest absolute Gasteiger partial charge is 0.479 e. The smallest absolute Gasteiger partial charge is 0.335 e. The summed E-state index contributed by atoms with van der Waals surface area (Å²) in [5.74, 6) is -3.14.